The van der Waals surface area contributed by atoms with Crippen LogP contribution in [0.4, 0.5) is 10.1 Å². The van der Waals surface area contributed by atoms with E-state index in [9.17, 15) is 9.18 Å². The molecule has 0 radical (unpaired) electrons. The molecule has 0 spiro atoms. The second-order valence-electron chi connectivity index (χ2n) is 5.07. The molecule has 5 heteroatoms. The van der Waals surface area contributed by atoms with Crippen LogP contribution in [0.25, 0.3) is 11.1 Å². The highest BCUT2D eigenvalue weighted by molar-refractivity contribution is 14.1. The number of rotatable bonds is 3. The van der Waals surface area contributed by atoms with E-state index >= 15 is 0 Å². The van der Waals surface area contributed by atoms with E-state index in [1.807, 2.05) is 36.4 Å². The van der Waals surface area contributed by atoms with Crippen molar-refractivity contribution in [3.05, 3.63) is 81.7 Å². The van der Waals surface area contributed by atoms with Crippen LogP contribution in [0.15, 0.2) is 66.7 Å². The van der Waals surface area contributed by atoms with E-state index in [0.717, 1.165) is 14.7 Å². The van der Waals surface area contributed by atoms with Gasteiger partial charge in [-0.3, -0.25) is 0 Å². The van der Waals surface area contributed by atoms with E-state index in [4.69, 9.17) is 10.5 Å². The Hall–Kier alpha value is -2.41. The van der Waals surface area contributed by atoms with Gasteiger partial charge in [0.2, 0.25) is 0 Å². The van der Waals surface area contributed by atoms with Gasteiger partial charge in [-0.1, -0.05) is 42.5 Å². The number of ether oxygens (including phenoxy) is 1. The number of nitrogens with two attached hydrogens (primary N) is 1. The van der Waals surface area contributed by atoms with Gasteiger partial charge in [-0.05, 0) is 52.4 Å². The molecule has 0 aromatic heterocycles. The first-order valence-electron chi connectivity index (χ1n) is 7.18. The van der Waals surface area contributed by atoms with Crippen LogP contribution in [0.5, 0.6) is 5.75 Å². The Labute approximate surface area is 152 Å². The normalized spacial score (nSPS) is 10.4. The minimum absolute atomic E-state index is 0.0479. The Kier molecular flexibility index (Phi) is 4.80. The summed E-state index contributed by atoms with van der Waals surface area (Å²) in [6.07, 6.45) is 0. The third-order valence-electron chi connectivity index (χ3n) is 3.50. The number of benzene rings is 3. The molecule has 0 bridgehead atoms. The Morgan fingerprint density at radius 1 is 0.917 bits per heavy atom. The predicted molar refractivity (Wildman–Crippen MR) is 100 cm³/mol. The number of halogens is 2. The molecule has 0 aliphatic heterocycles. The molecule has 2 N–H and O–H groups in total. The molecule has 120 valence electrons. The largest absolute Gasteiger partial charge is 0.422 e. The molecule has 0 saturated carbocycles. The average Bonchev–Trinajstić information content (AvgIpc) is 2.56. The van der Waals surface area contributed by atoms with Crippen LogP contribution in [0.3, 0.4) is 0 Å². The zero-order valence-corrected chi connectivity index (χ0v) is 14.7. The summed E-state index contributed by atoms with van der Waals surface area (Å²) >= 11 is 2.22. The van der Waals surface area contributed by atoms with Crippen molar-refractivity contribution in [2.75, 3.05) is 5.73 Å². The summed E-state index contributed by atoms with van der Waals surface area (Å²) < 4.78 is 20.4. The highest BCUT2D eigenvalue weighted by atomic mass is 127. The van der Waals surface area contributed by atoms with Gasteiger partial charge >= 0.3 is 5.97 Å². The summed E-state index contributed by atoms with van der Waals surface area (Å²) in [5.74, 6) is -1.16. The molecule has 3 rings (SSSR count). The molecular weight excluding hydrogens is 420 g/mol. The van der Waals surface area contributed by atoms with Gasteiger partial charge in [0.05, 0.1) is 0 Å². The first-order valence-corrected chi connectivity index (χ1v) is 8.26. The molecule has 24 heavy (non-hydrogen) atoms. The summed E-state index contributed by atoms with van der Waals surface area (Å²) in [5.41, 5.74) is 7.19. The number of carbonyl (C=O) groups excluding carboxylic acids is 1. The molecule has 3 aromatic rings. The van der Waals surface area contributed by atoms with E-state index in [0.29, 0.717) is 5.75 Å². The summed E-state index contributed by atoms with van der Waals surface area (Å²) in [5, 5.41) is 0. The number of nitrogen functional groups attached to an aromatic ring is 1. The first kappa shape index (κ1) is 16.4. The fourth-order valence-electron chi connectivity index (χ4n) is 2.36. The maximum Gasteiger partial charge on any atom is 0.348 e. The molecule has 0 atom stereocenters. The summed E-state index contributed by atoms with van der Waals surface area (Å²) in [7, 11) is 0. The van der Waals surface area contributed by atoms with Gasteiger partial charge in [0.15, 0.2) is 0 Å². The zero-order chi connectivity index (χ0) is 17.1. The molecule has 0 heterocycles. The highest BCUT2D eigenvalue weighted by Gasteiger charge is 2.19. The second kappa shape index (κ2) is 7.00. The van der Waals surface area contributed by atoms with E-state index in [1.165, 1.54) is 18.2 Å². The third kappa shape index (κ3) is 3.26. The van der Waals surface area contributed by atoms with Crippen LogP contribution >= 0.6 is 22.6 Å². The van der Waals surface area contributed by atoms with Crippen molar-refractivity contribution in [3.8, 4) is 16.9 Å². The lowest BCUT2D eigenvalue weighted by Gasteiger charge is -2.12. The van der Waals surface area contributed by atoms with Gasteiger partial charge < -0.3 is 10.5 Å². The minimum atomic E-state index is -0.816. The monoisotopic (exact) mass is 433 g/mol. The number of para-hydroxylation sites is 1. The lowest BCUT2D eigenvalue weighted by atomic mass is 10.0. The van der Waals surface area contributed by atoms with Crippen molar-refractivity contribution in [3.63, 3.8) is 0 Å². The number of anilines is 1. The van der Waals surface area contributed by atoms with Gasteiger partial charge in [-0.15, -0.1) is 0 Å². The maximum absolute atomic E-state index is 13.9. The van der Waals surface area contributed by atoms with E-state index in [1.54, 1.807) is 12.1 Å². The average molecular weight is 433 g/mol. The number of hydrogen-bond donors (Lipinski definition) is 1. The predicted octanol–water partition coefficient (Wildman–Crippen LogP) is 4.90. The fourth-order valence-corrected chi connectivity index (χ4v) is 3.04. The van der Waals surface area contributed by atoms with Gasteiger partial charge in [0, 0.05) is 14.8 Å². The van der Waals surface area contributed by atoms with E-state index in [2.05, 4.69) is 22.6 Å². The Bertz CT molecular complexity index is 891. The topological polar surface area (TPSA) is 52.3 Å². The van der Waals surface area contributed by atoms with Crippen molar-refractivity contribution in [1.82, 2.24) is 0 Å². The van der Waals surface area contributed by atoms with Crippen LogP contribution in [0, 0.1) is 9.39 Å². The maximum atomic E-state index is 13.9. The van der Waals surface area contributed by atoms with Crippen molar-refractivity contribution >= 4 is 34.2 Å². The number of carbonyl (C=O) groups is 1. The van der Waals surface area contributed by atoms with Gasteiger partial charge in [-0.2, -0.15) is 0 Å². The van der Waals surface area contributed by atoms with Crippen LogP contribution < -0.4 is 10.5 Å². The zero-order valence-electron chi connectivity index (χ0n) is 12.5. The van der Waals surface area contributed by atoms with Crippen LogP contribution in [-0.4, -0.2) is 5.97 Å². The third-order valence-corrected chi connectivity index (χ3v) is 4.44. The molecule has 0 amide bonds. The Morgan fingerprint density at radius 2 is 1.58 bits per heavy atom. The first-order chi connectivity index (χ1) is 11.6. The van der Waals surface area contributed by atoms with Crippen molar-refractivity contribution in [1.29, 1.82) is 0 Å². The van der Waals surface area contributed by atoms with Crippen molar-refractivity contribution in [2.24, 2.45) is 0 Å². The standard InChI is InChI=1S/C19H13FINO2/c20-14-8-5-10-16(22)18(14)19(23)24-17-11-4-2-7-13(17)12-6-1-3-9-15(12)21/h1-11H,22H2. The van der Waals surface area contributed by atoms with Gasteiger partial charge in [0.1, 0.15) is 17.1 Å². The molecular formula is C19H13FINO2. The minimum Gasteiger partial charge on any atom is -0.422 e. The highest BCUT2D eigenvalue weighted by Crippen LogP contribution is 2.33. The summed E-state index contributed by atoms with van der Waals surface area (Å²) in [6, 6.07) is 19.0. The van der Waals surface area contributed by atoms with Crippen molar-refractivity contribution < 1.29 is 13.9 Å². The lowest BCUT2D eigenvalue weighted by Crippen LogP contribution is -2.14. The summed E-state index contributed by atoms with van der Waals surface area (Å²) in [4.78, 5) is 12.4. The van der Waals surface area contributed by atoms with Gasteiger partial charge in [0.25, 0.3) is 0 Å². The van der Waals surface area contributed by atoms with Crippen LogP contribution in [-0.2, 0) is 0 Å². The van der Waals surface area contributed by atoms with Crippen LogP contribution in [0.2, 0.25) is 0 Å². The molecule has 0 fully saturated rings. The van der Waals surface area contributed by atoms with E-state index in [-0.39, 0.29) is 11.3 Å². The molecule has 0 aliphatic carbocycles. The molecule has 0 saturated heterocycles. The molecule has 3 aromatic carbocycles. The molecule has 3 nitrogen and oxygen atoms in total. The smallest absolute Gasteiger partial charge is 0.348 e. The lowest BCUT2D eigenvalue weighted by molar-refractivity contribution is 0.0732. The number of esters is 1. The molecule has 0 aliphatic rings. The Morgan fingerprint density at radius 3 is 2.29 bits per heavy atom. The SMILES string of the molecule is Nc1cccc(F)c1C(=O)Oc1ccccc1-c1ccccc1I. The Balaban J connectivity index is 2.00. The quantitative estimate of drug-likeness (QED) is 0.277. The summed E-state index contributed by atoms with van der Waals surface area (Å²) in [6.45, 7) is 0. The van der Waals surface area contributed by atoms with E-state index < -0.39 is 11.8 Å². The second-order valence-corrected chi connectivity index (χ2v) is 6.23. The van der Waals surface area contributed by atoms with Crippen molar-refractivity contribution in [2.45, 2.75) is 0 Å². The fraction of sp³-hybridized carbons (Fsp3) is 0. The number of hydrogen-bond acceptors (Lipinski definition) is 3. The van der Waals surface area contributed by atoms with Crippen LogP contribution in [0.1, 0.15) is 10.4 Å². The molecule has 0 unspecified atom stereocenters. The van der Waals surface area contributed by atoms with Gasteiger partial charge in [-0.25, -0.2) is 9.18 Å².